The van der Waals surface area contributed by atoms with E-state index < -0.39 is 11.2 Å². The first-order chi connectivity index (χ1) is 12.6. The molecule has 6 heteroatoms. The van der Waals surface area contributed by atoms with Crippen molar-refractivity contribution in [1.29, 1.82) is 0 Å². The van der Waals surface area contributed by atoms with Crippen LogP contribution >= 0.6 is 0 Å². The molecule has 1 aliphatic heterocycles. The Hall–Kier alpha value is -3.54. The fourth-order valence-corrected chi connectivity index (χ4v) is 3.82. The average molecular weight is 345 g/mol. The lowest BCUT2D eigenvalue weighted by Gasteiger charge is -2.26. The topological polar surface area (TPSA) is 79.9 Å². The minimum absolute atomic E-state index is 0.204. The van der Waals surface area contributed by atoms with Crippen LogP contribution in [-0.4, -0.2) is 14.5 Å². The second-order valence-corrected chi connectivity index (χ2v) is 6.44. The molecule has 0 saturated heterocycles. The fraction of sp³-hybridized carbons (Fsp3) is 0.100. The Labute approximate surface area is 147 Å². The quantitative estimate of drug-likeness (QED) is 0.490. The minimum Gasteiger partial charge on any atom is -0.440 e. The molecule has 2 aromatic carbocycles. The molecular weight excluding hydrogens is 330 g/mol. The fourth-order valence-electron chi connectivity index (χ4n) is 3.82. The number of para-hydroxylation sites is 2. The van der Waals surface area contributed by atoms with Gasteiger partial charge < -0.3 is 9.30 Å². The molecule has 26 heavy (non-hydrogen) atoms. The molecule has 2 N–H and O–H groups in total. The number of ether oxygens (including phenoxy) is 1. The lowest BCUT2D eigenvalue weighted by Crippen LogP contribution is -2.30. The predicted octanol–water partition coefficient (Wildman–Crippen LogP) is 2.84. The Bertz CT molecular complexity index is 1280. The van der Waals surface area contributed by atoms with Gasteiger partial charge in [0, 0.05) is 29.7 Å². The van der Waals surface area contributed by atoms with Crippen LogP contribution in [0.15, 0.2) is 64.3 Å². The van der Waals surface area contributed by atoms with Crippen LogP contribution in [0.1, 0.15) is 22.6 Å². The van der Waals surface area contributed by atoms with E-state index in [-0.39, 0.29) is 11.8 Å². The van der Waals surface area contributed by atoms with E-state index in [0.717, 1.165) is 22.0 Å². The Morgan fingerprint density at radius 2 is 1.73 bits per heavy atom. The molecule has 0 bridgehead atoms. The van der Waals surface area contributed by atoms with Gasteiger partial charge in [-0.25, -0.2) is 4.79 Å². The molecule has 0 fully saturated rings. The first kappa shape index (κ1) is 14.8. The number of aryl methyl sites for hydroxylation is 1. The van der Waals surface area contributed by atoms with Gasteiger partial charge in [0.15, 0.2) is 0 Å². The summed E-state index contributed by atoms with van der Waals surface area (Å²) in [4.78, 5) is 29.4. The highest BCUT2D eigenvalue weighted by molar-refractivity contribution is 5.86. The molecule has 1 aliphatic rings. The standard InChI is InChI=1S/C20H15N3O3/c1-23-10-13(11-6-2-4-8-14(11)23)16-12-7-3-5-9-15(12)26-19-17(16)18(24)21-20(25)22-19/h2-10,16H,1H3,(H2,21,22,24,25). The first-order valence-electron chi connectivity index (χ1n) is 8.30. The zero-order valence-electron chi connectivity index (χ0n) is 13.9. The number of aromatic nitrogens is 3. The number of benzene rings is 2. The van der Waals surface area contributed by atoms with Crippen LogP contribution < -0.4 is 16.0 Å². The maximum atomic E-state index is 12.7. The Morgan fingerprint density at radius 3 is 2.62 bits per heavy atom. The second-order valence-electron chi connectivity index (χ2n) is 6.44. The van der Waals surface area contributed by atoms with Crippen molar-refractivity contribution < 1.29 is 4.74 Å². The monoisotopic (exact) mass is 345 g/mol. The summed E-state index contributed by atoms with van der Waals surface area (Å²) in [6.07, 6.45) is 2.03. The summed E-state index contributed by atoms with van der Waals surface area (Å²) in [7, 11) is 1.98. The summed E-state index contributed by atoms with van der Waals surface area (Å²) in [5, 5.41) is 1.06. The third-order valence-corrected chi connectivity index (χ3v) is 4.91. The van der Waals surface area contributed by atoms with Gasteiger partial charge in [-0.05, 0) is 17.7 Å². The lowest BCUT2D eigenvalue weighted by molar-refractivity contribution is 0.428. The van der Waals surface area contributed by atoms with Crippen LogP contribution in [0.3, 0.4) is 0 Å². The summed E-state index contributed by atoms with van der Waals surface area (Å²) in [6.45, 7) is 0. The van der Waals surface area contributed by atoms with Crippen molar-refractivity contribution >= 4 is 10.9 Å². The maximum Gasteiger partial charge on any atom is 0.328 e. The number of hydrogen-bond donors (Lipinski definition) is 2. The largest absolute Gasteiger partial charge is 0.440 e. The highest BCUT2D eigenvalue weighted by Crippen LogP contribution is 2.46. The van der Waals surface area contributed by atoms with E-state index in [1.165, 1.54) is 0 Å². The molecule has 4 aromatic rings. The lowest BCUT2D eigenvalue weighted by atomic mass is 9.84. The molecule has 0 spiro atoms. The van der Waals surface area contributed by atoms with Gasteiger partial charge in [0.2, 0.25) is 5.88 Å². The highest BCUT2D eigenvalue weighted by Gasteiger charge is 2.33. The van der Waals surface area contributed by atoms with Gasteiger partial charge in [0.05, 0.1) is 11.5 Å². The van der Waals surface area contributed by atoms with E-state index in [9.17, 15) is 9.59 Å². The molecule has 128 valence electrons. The van der Waals surface area contributed by atoms with Crippen molar-refractivity contribution in [3.05, 3.63) is 92.3 Å². The van der Waals surface area contributed by atoms with Gasteiger partial charge >= 0.3 is 5.69 Å². The second kappa shape index (κ2) is 5.23. The van der Waals surface area contributed by atoms with Gasteiger partial charge in [-0.2, -0.15) is 0 Å². The normalized spacial score (nSPS) is 15.3. The number of aromatic amines is 2. The molecule has 6 nitrogen and oxygen atoms in total. The molecule has 0 aliphatic carbocycles. The van der Waals surface area contributed by atoms with Crippen LogP contribution in [-0.2, 0) is 7.05 Å². The van der Waals surface area contributed by atoms with Gasteiger partial charge in [-0.1, -0.05) is 36.4 Å². The zero-order chi connectivity index (χ0) is 17.8. The first-order valence-corrected chi connectivity index (χ1v) is 8.30. The predicted molar refractivity (Wildman–Crippen MR) is 98.1 cm³/mol. The van der Waals surface area contributed by atoms with E-state index in [1.807, 2.05) is 66.3 Å². The summed E-state index contributed by atoms with van der Waals surface area (Å²) >= 11 is 0. The summed E-state index contributed by atoms with van der Waals surface area (Å²) in [5.74, 6) is 0.510. The van der Waals surface area contributed by atoms with Crippen molar-refractivity contribution in [1.82, 2.24) is 14.5 Å². The van der Waals surface area contributed by atoms with Crippen molar-refractivity contribution in [3.63, 3.8) is 0 Å². The van der Waals surface area contributed by atoms with E-state index in [0.29, 0.717) is 11.3 Å². The third kappa shape index (κ3) is 1.99. The van der Waals surface area contributed by atoms with Crippen LogP contribution in [0, 0.1) is 0 Å². The molecule has 0 radical (unpaired) electrons. The van der Waals surface area contributed by atoms with Crippen LogP contribution in [0.4, 0.5) is 0 Å². The number of rotatable bonds is 1. The molecule has 0 saturated carbocycles. The van der Waals surface area contributed by atoms with E-state index in [2.05, 4.69) is 9.97 Å². The number of fused-ring (bicyclic) bond motifs is 3. The zero-order valence-corrected chi connectivity index (χ0v) is 13.9. The van der Waals surface area contributed by atoms with Crippen LogP contribution in [0.25, 0.3) is 10.9 Å². The molecule has 5 rings (SSSR count). The number of nitrogens with zero attached hydrogens (tertiary/aromatic N) is 1. The maximum absolute atomic E-state index is 12.7. The van der Waals surface area contributed by atoms with Gasteiger partial charge in [-0.15, -0.1) is 0 Å². The molecule has 3 heterocycles. The SMILES string of the molecule is Cn1cc(C2c3ccccc3Oc3[nH]c(=O)[nH]c(=O)c32)c2ccccc21. The van der Waals surface area contributed by atoms with E-state index >= 15 is 0 Å². The van der Waals surface area contributed by atoms with Gasteiger partial charge in [0.1, 0.15) is 5.75 Å². The third-order valence-electron chi connectivity index (χ3n) is 4.91. The summed E-state index contributed by atoms with van der Waals surface area (Å²) < 4.78 is 7.87. The Balaban J connectivity index is 1.90. The average Bonchev–Trinajstić information content (AvgIpc) is 2.96. The minimum atomic E-state index is -0.579. The molecule has 0 amide bonds. The number of H-pyrrole nitrogens is 2. The van der Waals surface area contributed by atoms with Crippen molar-refractivity contribution in [3.8, 4) is 11.6 Å². The Morgan fingerprint density at radius 1 is 0.962 bits per heavy atom. The van der Waals surface area contributed by atoms with Crippen molar-refractivity contribution in [2.24, 2.45) is 7.05 Å². The summed E-state index contributed by atoms with van der Waals surface area (Å²) in [6, 6.07) is 15.6. The number of hydrogen-bond acceptors (Lipinski definition) is 3. The Kier molecular flexibility index (Phi) is 2.97. The molecule has 1 unspecified atom stereocenters. The molecule has 2 aromatic heterocycles. The van der Waals surface area contributed by atoms with Crippen molar-refractivity contribution in [2.75, 3.05) is 0 Å². The highest BCUT2D eigenvalue weighted by atomic mass is 16.5. The molecule has 1 atom stereocenters. The van der Waals surface area contributed by atoms with Gasteiger partial charge in [0.25, 0.3) is 5.56 Å². The van der Waals surface area contributed by atoms with E-state index in [4.69, 9.17) is 4.74 Å². The number of nitrogens with one attached hydrogen (secondary N) is 2. The van der Waals surface area contributed by atoms with Gasteiger partial charge in [-0.3, -0.25) is 14.8 Å². The van der Waals surface area contributed by atoms with Crippen LogP contribution in [0.5, 0.6) is 11.6 Å². The summed E-state index contributed by atoms with van der Waals surface area (Å²) in [5.41, 5.74) is 2.38. The van der Waals surface area contributed by atoms with Crippen LogP contribution in [0.2, 0.25) is 0 Å². The van der Waals surface area contributed by atoms with Crippen molar-refractivity contribution in [2.45, 2.75) is 5.92 Å². The van der Waals surface area contributed by atoms with E-state index in [1.54, 1.807) is 0 Å². The molecular formula is C20H15N3O3. The smallest absolute Gasteiger partial charge is 0.328 e.